The maximum atomic E-state index is 9.62. The number of nitrogens with one attached hydrogen (secondary N) is 1. The number of hydrogen-bond donors (Lipinski definition) is 2. The van der Waals surface area contributed by atoms with Crippen LogP contribution in [0.15, 0.2) is 22.9 Å². The van der Waals surface area contributed by atoms with Gasteiger partial charge in [0.15, 0.2) is 0 Å². The van der Waals surface area contributed by atoms with Crippen LogP contribution in [0.4, 0.5) is 0 Å². The highest BCUT2D eigenvalue weighted by molar-refractivity contribution is 9.10. The molecule has 5 nitrogen and oxygen atoms in total. The zero-order valence-electron chi connectivity index (χ0n) is 9.73. The molecule has 1 unspecified atom stereocenters. The molecule has 1 aromatic heterocycles. The summed E-state index contributed by atoms with van der Waals surface area (Å²) in [5.74, 6) is 0.635. The van der Waals surface area contributed by atoms with Gasteiger partial charge in [-0.2, -0.15) is 0 Å². The summed E-state index contributed by atoms with van der Waals surface area (Å²) >= 11 is 3.30. The molecule has 96 valence electrons. The zero-order chi connectivity index (χ0) is 12.5. The quantitative estimate of drug-likeness (QED) is 0.696. The third-order valence-electron chi connectivity index (χ3n) is 1.99. The number of nitrogens with zero attached hydrogens (tertiary/aromatic N) is 1. The van der Waals surface area contributed by atoms with Gasteiger partial charge in [0.05, 0.1) is 12.8 Å². The van der Waals surface area contributed by atoms with Crippen LogP contribution >= 0.6 is 15.9 Å². The molecule has 0 saturated heterocycles. The van der Waals surface area contributed by atoms with E-state index in [0.29, 0.717) is 25.4 Å². The second-order valence-corrected chi connectivity index (χ2v) is 4.42. The second-order valence-electron chi connectivity index (χ2n) is 3.50. The molecular weight excluding hydrogens is 288 g/mol. The molecule has 2 N–H and O–H groups in total. The van der Waals surface area contributed by atoms with Crippen LogP contribution in [0.1, 0.15) is 0 Å². The number of pyridine rings is 1. The molecule has 1 aromatic rings. The van der Waals surface area contributed by atoms with Crippen molar-refractivity contribution in [3.05, 3.63) is 22.9 Å². The monoisotopic (exact) mass is 304 g/mol. The fourth-order valence-corrected chi connectivity index (χ4v) is 1.51. The fourth-order valence-electron chi connectivity index (χ4n) is 1.17. The standard InChI is InChI=1S/C11H17BrN2O3/c1-16-3-2-13-6-10(15)8-17-11-4-9(12)5-14-7-11/h4-5,7,10,13,15H,2-3,6,8H2,1H3. The van der Waals surface area contributed by atoms with Crippen LogP contribution in [0.3, 0.4) is 0 Å². The van der Waals surface area contributed by atoms with Gasteiger partial charge in [0.2, 0.25) is 0 Å². The van der Waals surface area contributed by atoms with E-state index in [2.05, 4.69) is 26.2 Å². The maximum Gasteiger partial charge on any atom is 0.138 e. The summed E-state index contributed by atoms with van der Waals surface area (Å²) in [5, 5.41) is 12.7. The van der Waals surface area contributed by atoms with Crippen molar-refractivity contribution in [1.29, 1.82) is 0 Å². The molecule has 1 rings (SSSR count). The smallest absolute Gasteiger partial charge is 0.138 e. The summed E-state index contributed by atoms with van der Waals surface area (Å²) in [5.41, 5.74) is 0. The topological polar surface area (TPSA) is 63.6 Å². The Bertz CT molecular complexity index is 325. The summed E-state index contributed by atoms with van der Waals surface area (Å²) in [6, 6.07) is 1.80. The van der Waals surface area contributed by atoms with Crippen LogP contribution in [-0.2, 0) is 4.74 Å². The highest BCUT2D eigenvalue weighted by Crippen LogP contribution is 2.15. The van der Waals surface area contributed by atoms with Crippen LogP contribution in [0.25, 0.3) is 0 Å². The number of aliphatic hydroxyl groups excluding tert-OH is 1. The van der Waals surface area contributed by atoms with Gasteiger partial charge < -0.3 is 19.9 Å². The van der Waals surface area contributed by atoms with E-state index in [1.54, 1.807) is 25.6 Å². The van der Waals surface area contributed by atoms with Crippen molar-refractivity contribution < 1.29 is 14.6 Å². The van der Waals surface area contributed by atoms with Crippen LogP contribution in [0.5, 0.6) is 5.75 Å². The molecule has 0 bridgehead atoms. The summed E-state index contributed by atoms with van der Waals surface area (Å²) in [6.45, 7) is 2.05. The molecule has 17 heavy (non-hydrogen) atoms. The van der Waals surface area contributed by atoms with Gasteiger partial charge in [-0.25, -0.2) is 0 Å². The van der Waals surface area contributed by atoms with Gasteiger partial charge in [0.25, 0.3) is 0 Å². The highest BCUT2D eigenvalue weighted by atomic mass is 79.9. The number of ether oxygens (including phenoxy) is 2. The van der Waals surface area contributed by atoms with E-state index >= 15 is 0 Å². The minimum Gasteiger partial charge on any atom is -0.489 e. The normalized spacial score (nSPS) is 12.4. The predicted octanol–water partition coefficient (Wildman–Crippen LogP) is 0.820. The van der Waals surface area contributed by atoms with Crippen molar-refractivity contribution in [1.82, 2.24) is 10.3 Å². The number of halogens is 1. The lowest BCUT2D eigenvalue weighted by Gasteiger charge is -2.13. The number of aromatic nitrogens is 1. The third kappa shape index (κ3) is 6.58. The SMILES string of the molecule is COCCNCC(O)COc1cncc(Br)c1. The second kappa shape index (κ2) is 8.41. The summed E-state index contributed by atoms with van der Waals surface area (Å²) < 4.78 is 11.1. The summed E-state index contributed by atoms with van der Waals surface area (Å²) in [4.78, 5) is 3.96. The van der Waals surface area contributed by atoms with Crippen LogP contribution in [-0.4, -0.2) is 49.6 Å². The van der Waals surface area contributed by atoms with Gasteiger partial charge in [-0.3, -0.25) is 4.98 Å². The van der Waals surface area contributed by atoms with E-state index < -0.39 is 6.10 Å². The van der Waals surface area contributed by atoms with Crippen molar-refractivity contribution in [2.75, 3.05) is 33.4 Å². The predicted molar refractivity (Wildman–Crippen MR) is 68.2 cm³/mol. The van der Waals surface area contributed by atoms with Crippen LogP contribution < -0.4 is 10.1 Å². The van der Waals surface area contributed by atoms with Gasteiger partial charge in [-0.15, -0.1) is 0 Å². The summed E-state index contributed by atoms with van der Waals surface area (Å²) in [7, 11) is 1.64. The lowest BCUT2D eigenvalue weighted by Crippen LogP contribution is -2.33. The molecule has 1 atom stereocenters. The third-order valence-corrected chi connectivity index (χ3v) is 2.42. The van der Waals surface area contributed by atoms with E-state index in [9.17, 15) is 5.11 Å². The maximum absolute atomic E-state index is 9.62. The Balaban J connectivity index is 2.17. The highest BCUT2D eigenvalue weighted by Gasteiger charge is 2.05. The van der Waals surface area contributed by atoms with E-state index in [1.165, 1.54) is 0 Å². The average Bonchev–Trinajstić information content (AvgIpc) is 2.32. The lowest BCUT2D eigenvalue weighted by atomic mass is 10.3. The molecule has 0 spiro atoms. The lowest BCUT2D eigenvalue weighted by molar-refractivity contribution is 0.103. The minimum absolute atomic E-state index is 0.234. The molecule has 0 aliphatic heterocycles. The first-order valence-electron chi connectivity index (χ1n) is 5.33. The van der Waals surface area contributed by atoms with Gasteiger partial charge in [0.1, 0.15) is 18.5 Å². The van der Waals surface area contributed by atoms with Crippen molar-refractivity contribution >= 4 is 15.9 Å². The molecule has 0 radical (unpaired) electrons. The van der Waals surface area contributed by atoms with Gasteiger partial charge in [-0.05, 0) is 22.0 Å². The number of hydrogen-bond acceptors (Lipinski definition) is 5. The Hall–Kier alpha value is -0.690. The Morgan fingerprint density at radius 2 is 2.35 bits per heavy atom. The molecule has 6 heteroatoms. The average molecular weight is 305 g/mol. The van der Waals surface area contributed by atoms with Crippen molar-refractivity contribution in [2.45, 2.75) is 6.10 Å². The van der Waals surface area contributed by atoms with Gasteiger partial charge >= 0.3 is 0 Å². The molecule has 0 aliphatic rings. The molecule has 0 aliphatic carbocycles. The molecule has 0 amide bonds. The first kappa shape index (κ1) is 14.4. The molecule has 0 fully saturated rings. The molecular formula is C11H17BrN2O3. The van der Waals surface area contributed by atoms with E-state index in [1.807, 2.05) is 0 Å². The first-order chi connectivity index (χ1) is 8.22. The van der Waals surface area contributed by atoms with E-state index in [0.717, 1.165) is 4.47 Å². The number of aliphatic hydroxyl groups is 1. The Kier molecular flexibility index (Phi) is 7.11. The van der Waals surface area contributed by atoms with Crippen LogP contribution in [0, 0.1) is 0 Å². The fraction of sp³-hybridized carbons (Fsp3) is 0.545. The largest absolute Gasteiger partial charge is 0.489 e. The van der Waals surface area contributed by atoms with E-state index in [4.69, 9.17) is 9.47 Å². The molecule has 1 heterocycles. The Morgan fingerprint density at radius 1 is 1.53 bits per heavy atom. The van der Waals surface area contributed by atoms with E-state index in [-0.39, 0.29) is 6.61 Å². The van der Waals surface area contributed by atoms with Crippen molar-refractivity contribution in [3.8, 4) is 5.75 Å². The van der Waals surface area contributed by atoms with Crippen molar-refractivity contribution in [3.63, 3.8) is 0 Å². The number of methoxy groups -OCH3 is 1. The van der Waals surface area contributed by atoms with Crippen molar-refractivity contribution in [2.24, 2.45) is 0 Å². The first-order valence-corrected chi connectivity index (χ1v) is 6.12. The van der Waals surface area contributed by atoms with Gasteiger partial charge in [0, 0.05) is 30.9 Å². The zero-order valence-corrected chi connectivity index (χ0v) is 11.3. The molecule has 0 aromatic carbocycles. The molecule has 0 saturated carbocycles. The number of rotatable bonds is 8. The summed E-state index contributed by atoms with van der Waals surface area (Å²) in [6.07, 6.45) is 2.73. The van der Waals surface area contributed by atoms with Gasteiger partial charge in [-0.1, -0.05) is 0 Å². The Labute approximate surface area is 109 Å². The Morgan fingerprint density at radius 3 is 3.06 bits per heavy atom. The van der Waals surface area contributed by atoms with Crippen LogP contribution in [0.2, 0.25) is 0 Å². The minimum atomic E-state index is -0.550.